The number of carbonyl (C=O) groups excluding carboxylic acids is 2. The number of likely N-dealkylation sites (tertiary alicyclic amines) is 1. The molecule has 37 heavy (non-hydrogen) atoms. The largest absolute Gasteiger partial charge is 0.436 e. The van der Waals surface area contributed by atoms with E-state index in [1.807, 2.05) is 73.3 Å². The second kappa shape index (κ2) is 10.6. The Morgan fingerprint density at radius 1 is 1.00 bits per heavy atom. The highest BCUT2D eigenvalue weighted by molar-refractivity contribution is 5.97. The van der Waals surface area contributed by atoms with Crippen LogP contribution in [0.15, 0.2) is 71.1 Å². The van der Waals surface area contributed by atoms with Crippen LogP contribution in [-0.4, -0.2) is 34.8 Å². The zero-order chi connectivity index (χ0) is 25.9. The standard InChI is InChI=1S/C31H33N3O3/c1-20-7-9-25(10-8-20)30-33-27-18-26(11-12-28(27)37-30)31(36)34-15-13-24(14-16-34)22(3)29(35)32-19-23-6-4-5-21(2)17-23/h4-12,17-18,22,24H,13-16,19H2,1-3H3,(H,32,35)/t22-/m1/s1. The number of hydrogen-bond acceptors (Lipinski definition) is 4. The fraction of sp³-hybridized carbons (Fsp3) is 0.323. The van der Waals surface area contributed by atoms with E-state index in [0.29, 0.717) is 42.2 Å². The van der Waals surface area contributed by atoms with Crippen LogP contribution < -0.4 is 5.32 Å². The number of piperidine rings is 1. The smallest absolute Gasteiger partial charge is 0.253 e. The molecule has 0 aliphatic carbocycles. The number of benzene rings is 3. The number of oxazole rings is 1. The minimum atomic E-state index is -0.0891. The Hall–Kier alpha value is -3.93. The van der Waals surface area contributed by atoms with Gasteiger partial charge in [0.2, 0.25) is 11.8 Å². The van der Waals surface area contributed by atoms with Gasteiger partial charge in [0.1, 0.15) is 5.52 Å². The van der Waals surface area contributed by atoms with Crippen molar-refractivity contribution in [1.82, 2.24) is 15.2 Å². The van der Waals surface area contributed by atoms with Gasteiger partial charge in [0.15, 0.2) is 5.58 Å². The van der Waals surface area contributed by atoms with Crippen LogP contribution in [0.2, 0.25) is 0 Å². The molecule has 1 atom stereocenters. The van der Waals surface area contributed by atoms with Crippen molar-refractivity contribution in [3.05, 3.63) is 89.0 Å². The normalized spacial score (nSPS) is 15.1. The molecule has 3 aromatic carbocycles. The first-order valence-corrected chi connectivity index (χ1v) is 13.0. The summed E-state index contributed by atoms with van der Waals surface area (Å²) in [5, 5.41) is 3.08. The quantitative estimate of drug-likeness (QED) is 0.360. The third kappa shape index (κ3) is 5.58. The number of rotatable bonds is 6. The highest BCUT2D eigenvalue weighted by Gasteiger charge is 2.30. The molecule has 1 N–H and O–H groups in total. The van der Waals surface area contributed by atoms with E-state index in [2.05, 4.69) is 29.4 Å². The summed E-state index contributed by atoms with van der Waals surface area (Å²) in [5.74, 6) is 0.796. The van der Waals surface area contributed by atoms with Crippen molar-refractivity contribution >= 4 is 22.9 Å². The maximum absolute atomic E-state index is 13.2. The average Bonchev–Trinajstić information content (AvgIpc) is 3.35. The van der Waals surface area contributed by atoms with Gasteiger partial charge in [-0.15, -0.1) is 0 Å². The van der Waals surface area contributed by atoms with Crippen LogP contribution in [0.4, 0.5) is 0 Å². The van der Waals surface area contributed by atoms with Crippen molar-refractivity contribution in [3.8, 4) is 11.5 Å². The summed E-state index contributed by atoms with van der Waals surface area (Å²) in [7, 11) is 0. The van der Waals surface area contributed by atoms with E-state index >= 15 is 0 Å². The lowest BCUT2D eigenvalue weighted by molar-refractivity contribution is -0.126. The van der Waals surface area contributed by atoms with Gasteiger partial charge in [-0.3, -0.25) is 9.59 Å². The van der Waals surface area contributed by atoms with E-state index in [1.165, 1.54) is 11.1 Å². The fourth-order valence-corrected chi connectivity index (χ4v) is 5.05. The molecule has 1 aromatic heterocycles. The lowest BCUT2D eigenvalue weighted by Gasteiger charge is -2.34. The first-order chi connectivity index (χ1) is 17.9. The van der Waals surface area contributed by atoms with E-state index in [9.17, 15) is 9.59 Å². The van der Waals surface area contributed by atoms with E-state index in [0.717, 1.165) is 24.0 Å². The van der Waals surface area contributed by atoms with Crippen molar-refractivity contribution in [3.63, 3.8) is 0 Å². The number of aromatic nitrogens is 1. The Labute approximate surface area is 217 Å². The van der Waals surface area contributed by atoms with Crippen molar-refractivity contribution in [2.45, 2.75) is 40.2 Å². The Kier molecular flexibility index (Phi) is 7.08. The number of aryl methyl sites for hydroxylation is 2. The van der Waals surface area contributed by atoms with Crippen LogP contribution in [0.5, 0.6) is 0 Å². The third-order valence-corrected chi connectivity index (χ3v) is 7.43. The lowest BCUT2D eigenvalue weighted by atomic mass is 9.84. The van der Waals surface area contributed by atoms with Gasteiger partial charge in [0, 0.05) is 36.7 Å². The van der Waals surface area contributed by atoms with Gasteiger partial charge in [-0.25, -0.2) is 4.98 Å². The summed E-state index contributed by atoms with van der Waals surface area (Å²) in [6.07, 6.45) is 1.63. The van der Waals surface area contributed by atoms with Crippen LogP contribution in [0, 0.1) is 25.7 Å². The summed E-state index contributed by atoms with van der Waals surface area (Å²) in [6, 6.07) is 21.6. The Morgan fingerprint density at radius 2 is 1.76 bits per heavy atom. The second-order valence-electron chi connectivity index (χ2n) is 10.2. The predicted molar refractivity (Wildman–Crippen MR) is 145 cm³/mol. The number of amides is 2. The van der Waals surface area contributed by atoms with Crippen molar-refractivity contribution in [2.75, 3.05) is 13.1 Å². The topological polar surface area (TPSA) is 75.4 Å². The van der Waals surface area contributed by atoms with E-state index < -0.39 is 0 Å². The highest BCUT2D eigenvalue weighted by Crippen LogP contribution is 2.28. The van der Waals surface area contributed by atoms with Gasteiger partial charge >= 0.3 is 0 Å². The summed E-state index contributed by atoms with van der Waals surface area (Å²) in [5.41, 5.74) is 6.33. The summed E-state index contributed by atoms with van der Waals surface area (Å²) >= 11 is 0. The molecule has 0 radical (unpaired) electrons. The van der Waals surface area contributed by atoms with E-state index in [1.54, 1.807) is 0 Å². The molecule has 1 saturated heterocycles. The van der Waals surface area contributed by atoms with Gasteiger partial charge in [-0.2, -0.15) is 0 Å². The predicted octanol–water partition coefficient (Wildman–Crippen LogP) is 5.92. The molecule has 2 amide bonds. The van der Waals surface area contributed by atoms with Gasteiger partial charge in [0.25, 0.3) is 5.91 Å². The number of hydrogen-bond donors (Lipinski definition) is 1. The van der Waals surface area contributed by atoms with Crippen LogP contribution in [-0.2, 0) is 11.3 Å². The first kappa shape index (κ1) is 24.8. The average molecular weight is 496 g/mol. The molecular weight excluding hydrogens is 462 g/mol. The molecule has 0 unspecified atom stereocenters. The molecule has 6 nitrogen and oxygen atoms in total. The Balaban J connectivity index is 1.18. The summed E-state index contributed by atoms with van der Waals surface area (Å²) < 4.78 is 5.92. The van der Waals surface area contributed by atoms with E-state index in [-0.39, 0.29) is 23.7 Å². The number of nitrogens with zero attached hydrogens (tertiary/aromatic N) is 2. The molecule has 1 fully saturated rings. The van der Waals surface area contributed by atoms with Crippen LogP contribution in [0.1, 0.15) is 46.8 Å². The van der Waals surface area contributed by atoms with Crippen LogP contribution in [0.3, 0.4) is 0 Å². The molecule has 190 valence electrons. The monoisotopic (exact) mass is 495 g/mol. The molecule has 0 spiro atoms. The molecule has 1 aliphatic heterocycles. The zero-order valence-corrected chi connectivity index (χ0v) is 21.7. The van der Waals surface area contributed by atoms with E-state index in [4.69, 9.17) is 4.42 Å². The fourth-order valence-electron chi connectivity index (χ4n) is 5.05. The van der Waals surface area contributed by atoms with Crippen LogP contribution >= 0.6 is 0 Å². The Morgan fingerprint density at radius 3 is 2.49 bits per heavy atom. The van der Waals surface area contributed by atoms with Crippen LogP contribution in [0.25, 0.3) is 22.6 Å². The number of fused-ring (bicyclic) bond motifs is 1. The molecule has 0 saturated carbocycles. The Bertz CT molecular complexity index is 1420. The number of carbonyl (C=O) groups is 2. The maximum atomic E-state index is 13.2. The summed E-state index contributed by atoms with van der Waals surface area (Å²) in [6.45, 7) is 7.92. The van der Waals surface area contributed by atoms with Gasteiger partial charge in [-0.05, 0) is 68.5 Å². The molecule has 2 heterocycles. The molecule has 5 rings (SSSR count). The highest BCUT2D eigenvalue weighted by atomic mass is 16.3. The van der Waals surface area contributed by atoms with Gasteiger partial charge in [-0.1, -0.05) is 54.4 Å². The van der Waals surface area contributed by atoms with Gasteiger partial charge < -0.3 is 14.6 Å². The molecular formula is C31H33N3O3. The minimum Gasteiger partial charge on any atom is -0.436 e. The second-order valence-corrected chi connectivity index (χ2v) is 10.2. The zero-order valence-electron chi connectivity index (χ0n) is 21.7. The first-order valence-electron chi connectivity index (χ1n) is 13.0. The minimum absolute atomic E-state index is 0.00297. The molecule has 6 heteroatoms. The van der Waals surface area contributed by atoms with Gasteiger partial charge in [0.05, 0.1) is 0 Å². The maximum Gasteiger partial charge on any atom is 0.253 e. The van der Waals surface area contributed by atoms with Crippen molar-refractivity contribution in [1.29, 1.82) is 0 Å². The molecule has 1 aliphatic rings. The van der Waals surface area contributed by atoms with Crippen molar-refractivity contribution < 1.29 is 14.0 Å². The molecule has 4 aromatic rings. The SMILES string of the molecule is Cc1ccc(-c2nc3cc(C(=O)N4CCC([C@@H](C)C(=O)NCc5cccc(C)c5)CC4)ccc3o2)cc1. The number of nitrogens with one attached hydrogen (secondary N) is 1. The lowest BCUT2D eigenvalue weighted by Crippen LogP contribution is -2.42. The van der Waals surface area contributed by atoms with Crippen molar-refractivity contribution in [2.24, 2.45) is 11.8 Å². The summed E-state index contributed by atoms with van der Waals surface area (Å²) in [4.78, 5) is 32.5. The molecule has 0 bridgehead atoms. The third-order valence-electron chi connectivity index (χ3n) is 7.43.